The van der Waals surface area contributed by atoms with E-state index >= 15 is 0 Å². The quantitative estimate of drug-likeness (QED) is 0.154. The van der Waals surface area contributed by atoms with E-state index in [0.29, 0.717) is 6.42 Å². The summed E-state index contributed by atoms with van der Waals surface area (Å²) in [6.45, 7) is 1.50. The average Bonchev–Trinajstić information content (AvgIpc) is 2.97. The van der Waals surface area contributed by atoms with Crippen molar-refractivity contribution in [2.75, 3.05) is 19.8 Å². The van der Waals surface area contributed by atoms with Crippen LogP contribution in [-0.4, -0.2) is 122 Å². The molecular formula is C18H33NO12. The lowest BCUT2D eigenvalue weighted by molar-refractivity contribution is -0.383. The largest absolute Gasteiger partial charge is 0.462 e. The third-order valence-corrected chi connectivity index (χ3v) is 5.31. The Bertz CT molecular complexity index is 594. The third kappa shape index (κ3) is 5.69. The van der Waals surface area contributed by atoms with Gasteiger partial charge in [-0.25, -0.2) is 0 Å². The number of carbonyl (C=O) groups is 1. The molecule has 2 heterocycles. The predicted octanol–water partition coefficient (Wildman–Crippen LogP) is -4.47. The van der Waals surface area contributed by atoms with E-state index in [2.05, 4.69) is 0 Å². The molecule has 0 bridgehead atoms. The molecule has 0 aromatic heterocycles. The number of aliphatic hydroxyl groups excluding tert-OH is 7. The second-order valence-electron chi connectivity index (χ2n) is 8.24. The van der Waals surface area contributed by atoms with Crippen LogP contribution in [0.5, 0.6) is 0 Å². The summed E-state index contributed by atoms with van der Waals surface area (Å²) in [6, 6.07) is -0.903. The minimum absolute atomic E-state index is 0.138. The highest BCUT2D eigenvalue weighted by Gasteiger charge is 2.58. The molecule has 0 amide bonds. The van der Waals surface area contributed by atoms with Gasteiger partial charge in [0.05, 0.1) is 6.61 Å². The van der Waals surface area contributed by atoms with Gasteiger partial charge < -0.3 is 60.4 Å². The fourth-order valence-electron chi connectivity index (χ4n) is 3.49. The predicted molar refractivity (Wildman–Crippen MR) is 99.9 cm³/mol. The van der Waals surface area contributed by atoms with Crippen molar-refractivity contribution in [2.24, 2.45) is 11.7 Å². The number of rotatable bonds is 9. The van der Waals surface area contributed by atoms with Gasteiger partial charge in [0.2, 0.25) is 5.79 Å². The smallest absolute Gasteiger partial charge is 0.323 e. The number of hydrogen-bond acceptors (Lipinski definition) is 13. The first kappa shape index (κ1) is 26.3. The molecule has 0 aromatic rings. The van der Waals surface area contributed by atoms with Crippen molar-refractivity contribution in [3.63, 3.8) is 0 Å². The monoisotopic (exact) mass is 455 g/mol. The van der Waals surface area contributed by atoms with E-state index in [1.807, 2.05) is 13.8 Å². The van der Waals surface area contributed by atoms with Crippen LogP contribution in [0.25, 0.3) is 0 Å². The molecule has 13 heteroatoms. The lowest BCUT2D eigenvalue weighted by atomic mass is 9.98. The number of ether oxygens (including phenoxy) is 4. The van der Waals surface area contributed by atoms with Crippen LogP contribution in [-0.2, 0) is 23.7 Å². The molecule has 0 aliphatic carbocycles. The van der Waals surface area contributed by atoms with Crippen molar-refractivity contribution in [2.45, 2.75) is 81.1 Å². The van der Waals surface area contributed by atoms with Gasteiger partial charge in [-0.3, -0.25) is 4.79 Å². The van der Waals surface area contributed by atoms with Crippen LogP contribution in [0.1, 0.15) is 20.3 Å². The fourth-order valence-corrected chi connectivity index (χ4v) is 3.49. The summed E-state index contributed by atoms with van der Waals surface area (Å²) in [5, 5.41) is 69.6. The Morgan fingerprint density at radius 3 is 2.19 bits per heavy atom. The second kappa shape index (κ2) is 10.8. The Labute approximate surface area is 178 Å². The molecule has 0 radical (unpaired) electrons. The maximum atomic E-state index is 12.0. The molecule has 13 nitrogen and oxygen atoms in total. The summed E-state index contributed by atoms with van der Waals surface area (Å²) in [5.41, 5.74) is 5.74. The van der Waals surface area contributed by atoms with E-state index < -0.39 is 86.6 Å². The highest BCUT2D eigenvalue weighted by atomic mass is 16.8. The highest BCUT2D eigenvalue weighted by molar-refractivity contribution is 5.75. The first-order valence-corrected chi connectivity index (χ1v) is 10.0. The zero-order chi connectivity index (χ0) is 23.5. The van der Waals surface area contributed by atoms with Crippen molar-refractivity contribution in [1.29, 1.82) is 0 Å². The normalized spacial score (nSPS) is 42.0. The molecule has 10 atom stereocenters. The van der Waals surface area contributed by atoms with Crippen LogP contribution in [0.15, 0.2) is 0 Å². The van der Waals surface area contributed by atoms with Gasteiger partial charge >= 0.3 is 5.97 Å². The Morgan fingerprint density at radius 2 is 1.68 bits per heavy atom. The van der Waals surface area contributed by atoms with Crippen LogP contribution in [0.3, 0.4) is 0 Å². The number of aliphatic hydroxyl groups is 7. The van der Waals surface area contributed by atoms with Gasteiger partial charge in [-0.05, 0) is 12.3 Å². The molecule has 0 unspecified atom stereocenters. The van der Waals surface area contributed by atoms with Gasteiger partial charge in [0.1, 0.15) is 62.0 Å². The van der Waals surface area contributed by atoms with Crippen LogP contribution < -0.4 is 5.73 Å². The van der Waals surface area contributed by atoms with Crippen molar-refractivity contribution in [3.8, 4) is 0 Å². The Hall–Kier alpha value is -0.970. The maximum Gasteiger partial charge on any atom is 0.323 e. The maximum absolute atomic E-state index is 12.0. The second-order valence-corrected chi connectivity index (χ2v) is 8.24. The molecule has 31 heavy (non-hydrogen) atoms. The number of carbonyl (C=O) groups excluding carboxylic acids is 1. The molecule has 0 aromatic carbocycles. The lowest BCUT2D eigenvalue weighted by Crippen LogP contribution is -2.63. The van der Waals surface area contributed by atoms with Gasteiger partial charge in [0.25, 0.3) is 0 Å². The van der Waals surface area contributed by atoms with E-state index in [-0.39, 0.29) is 5.92 Å². The molecule has 182 valence electrons. The zero-order valence-corrected chi connectivity index (χ0v) is 17.4. The van der Waals surface area contributed by atoms with Crippen molar-refractivity contribution in [1.82, 2.24) is 0 Å². The topological polar surface area (TPSA) is 222 Å². The SMILES string of the molecule is CC(C)C[C@H](N)C(=O)OC[C@H]1O[C@H](O[C@]2(CO)O[C@H](CO)[C@@H](O)[C@@H]2O)[C@H](O)[C@@H](O)[C@@H]1O. The van der Waals surface area contributed by atoms with Crippen LogP contribution in [0.4, 0.5) is 0 Å². The zero-order valence-electron chi connectivity index (χ0n) is 17.4. The molecule has 0 saturated carbocycles. The molecule has 2 aliphatic rings. The standard InChI is InChI=1S/C18H33NO12/c1-7(2)3-8(19)16(27)28-5-10-11(22)13(24)14(25)17(29-10)31-18(6-21)15(26)12(23)9(4-20)30-18/h7-15,17,20-26H,3-6,19H2,1-2H3/t8-,9+,10+,11+,12+,13-,14+,15-,17+,18-/m0/s1. The minimum atomic E-state index is -2.29. The first-order valence-electron chi connectivity index (χ1n) is 10.0. The third-order valence-electron chi connectivity index (χ3n) is 5.31. The Kier molecular flexibility index (Phi) is 9.13. The van der Waals surface area contributed by atoms with E-state index in [4.69, 9.17) is 24.7 Å². The summed E-state index contributed by atoms with van der Waals surface area (Å²) in [4.78, 5) is 12.0. The number of nitrogens with two attached hydrogens (primary N) is 1. The fraction of sp³-hybridized carbons (Fsp3) is 0.944. The van der Waals surface area contributed by atoms with Crippen LogP contribution in [0.2, 0.25) is 0 Å². The summed E-state index contributed by atoms with van der Waals surface area (Å²) in [5.74, 6) is -2.90. The van der Waals surface area contributed by atoms with E-state index in [1.54, 1.807) is 0 Å². The molecule has 9 N–H and O–H groups in total. The van der Waals surface area contributed by atoms with Crippen LogP contribution >= 0.6 is 0 Å². The average molecular weight is 455 g/mol. The lowest BCUT2D eigenvalue weighted by Gasteiger charge is -2.43. The van der Waals surface area contributed by atoms with Gasteiger partial charge in [-0.1, -0.05) is 13.8 Å². The molecule has 2 fully saturated rings. The van der Waals surface area contributed by atoms with E-state index in [1.165, 1.54) is 0 Å². The van der Waals surface area contributed by atoms with E-state index in [0.717, 1.165) is 0 Å². The summed E-state index contributed by atoms with van der Waals surface area (Å²) < 4.78 is 21.0. The van der Waals surface area contributed by atoms with Gasteiger partial charge in [-0.2, -0.15) is 0 Å². The van der Waals surface area contributed by atoms with Crippen molar-refractivity contribution < 1.29 is 59.5 Å². The van der Waals surface area contributed by atoms with Gasteiger partial charge in [0, 0.05) is 0 Å². The highest BCUT2D eigenvalue weighted by Crippen LogP contribution is 2.36. The molecule has 0 spiro atoms. The van der Waals surface area contributed by atoms with E-state index in [9.17, 15) is 40.5 Å². The molecule has 2 rings (SSSR count). The van der Waals surface area contributed by atoms with Gasteiger partial charge in [0.15, 0.2) is 6.29 Å². The van der Waals surface area contributed by atoms with Crippen LogP contribution in [0, 0.1) is 5.92 Å². The number of esters is 1. The first-order chi connectivity index (χ1) is 14.5. The summed E-state index contributed by atoms with van der Waals surface area (Å²) in [6.07, 6.45) is -12.8. The minimum Gasteiger partial charge on any atom is -0.462 e. The molecule has 2 saturated heterocycles. The number of hydrogen-bond donors (Lipinski definition) is 8. The summed E-state index contributed by atoms with van der Waals surface area (Å²) in [7, 11) is 0. The van der Waals surface area contributed by atoms with Crippen molar-refractivity contribution in [3.05, 3.63) is 0 Å². The summed E-state index contributed by atoms with van der Waals surface area (Å²) >= 11 is 0. The van der Waals surface area contributed by atoms with Crippen molar-refractivity contribution >= 4 is 5.97 Å². The molecular weight excluding hydrogens is 422 g/mol. The Balaban J connectivity index is 2.08. The molecule has 2 aliphatic heterocycles. The van der Waals surface area contributed by atoms with Gasteiger partial charge in [-0.15, -0.1) is 0 Å². The Morgan fingerprint density at radius 1 is 1.03 bits per heavy atom.